The molecule has 4 atom stereocenters. The number of aryl methyl sites for hydroxylation is 3. The number of methoxy groups -OCH3 is 1. The Morgan fingerprint density at radius 1 is 0.859 bits per heavy atom. The number of hydrogen-bond acceptors (Lipinski definition) is 17. The number of carbonyl (C=O) groups excluding carboxylic acids is 6. The molecule has 6 heterocycles. The van der Waals surface area contributed by atoms with Crippen molar-refractivity contribution in [2.45, 2.75) is 106 Å². The molecular weight excluding hydrogens is 1150 g/mol. The first-order valence-corrected chi connectivity index (χ1v) is 30.1. The normalized spacial score (nSPS) is 16.9. The minimum absolute atomic E-state index is 0.00378. The number of thiazole rings is 1. The molecule has 85 heavy (non-hydrogen) atoms. The molecule has 4 amide bonds. The van der Waals surface area contributed by atoms with Gasteiger partial charge >= 0.3 is 0 Å². The summed E-state index contributed by atoms with van der Waals surface area (Å²) in [7, 11) is 3.03. The summed E-state index contributed by atoms with van der Waals surface area (Å²) in [6.45, 7) is 16.2. The van der Waals surface area contributed by atoms with E-state index in [0.29, 0.717) is 27.9 Å². The fourth-order valence-electron chi connectivity index (χ4n) is 10.6. The number of halogens is 1. The molecule has 0 unspecified atom stereocenters. The maximum absolute atomic E-state index is 14.8. The van der Waals surface area contributed by atoms with Crippen molar-refractivity contribution in [2.24, 2.45) is 17.5 Å². The molecule has 0 radical (unpaired) electrons. The molecule has 0 saturated carbocycles. The van der Waals surface area contributed by atoms with Crippen molar-refractivity contribution < 1.29 is 52.5 Å². The van der Waals surface area contributed by atoms with Crippen LogP contribution >= 0.6 is 34.3 Å². The van der Waals surface area contributed by atoms with Gasteiger partial charge in [-0.3, -0.25) is 38.3 Å². The summed E-state index contributed by atoms with van der Waals surface area (Å²) in [4.78, 5) is 95.7. The van der Waals surface area contributed by atoms with Gasteiger partial charge < -0.3 is 49.1 Å². The molecule has 450 valence electrons. The molecule has 1 aliphatic carbocycles. The quantitative estimate of drug-likeness (QED) is 0.0501. The highest BCUT2D eigenvalue weighted by Gasteiger charge is 2.46. The Morgan fingerprint density at radius 3 is 2.24 bits per heavy atom. The van der Waals surface area contributed by atoms with Crippen LogP contribution in [0.2, 0.25) is 5.02 Å². The number of allylic oxidation sites excluding steroid dienone is 2. The van der Waals surface area contributed by atoms with Crippen LogP contribution in [0.15, 0.2) is 70.9 Å². The van der Waals surface area contributed by atoms with E-state index in [9.17, 15) is 28.8 Å². The molecule has 2 aliphatic heterocycles. The van der Waals surface area contributed by atoms with Crippen molar-refractivity contribution in [3.8, 4) is 15.4 Å². The Hall–Kier alpha value is -7.25. The Labute approximate surface area is 506 Å². The van der Waals surface area contributed by atoms with E-state index in [-0.39, 0.29) is 107 Å². The molecule has 6 aromatic rings. The topological polar surface area (TPSA) is 249 Å². The van der Waals surface area contributed by atoms with E-state index in [2.05, 4.69) is 45.0 Å². The lowest BCUT2D eigenvalue weighted by molar-refractivity contribution is -0.144. The Morgan fingerprint density at radius 2 is 1.55 bits per heavy atom. The predicted octanol–water partition coefficient (Wildman–Crippen LogP) is 7.38. The maximum atomic E-state index is 14.8. The van der Waals surface area contributed by atoms with E-state index in [0.717, 1.165) is 54.0 Å². The number of ketones is 2. The smallest absolute Gasteiger partial charge is 0.246 e. The standard InChI is InChI=1S/C61H71ClN10O11S2/c1-33-36(4)85-60-50(33)52(39-15-17-41(62)18-16-39)66-44(57-69-68-37(5)72(57)60)26-48(74)63-19-20-80-21-22-81-23-24-82-31-49(75)67-56(61(6,7)8)59(78)71-29-42(83-30-43-35(3)70(9)53-46(73)27-47(79-10)54(76)51(43)53)25-45(71)58(77)64-28-38-11-13-40(14-12-38)55-34(2)65-32-84-55/h11-18,27,32,42,44-45,56H,19-26,28-31H2,1-10H3,(H,63,74)(H,64,77)(H,67,75)/t42-,44+,45+,56-/m1/s1. The average molecular weight is 1220 g/mol. The third kappa shape index (κ3) is 13.9. The fourth-order valence-corrected chi connectivity index (χ4v) is 12.8. The highest BCUT2D eigenvalue weighted by Crippen LogP contribution is 2.40. The summed E-state index contributed by atoms with van der Waals surface area (Å²) in [5.41, 5.74) is 9.11. The van der Waals surface area contributed by atoms with E-state index in [1.165, 1.54) is 18.1 Å². The second-order valence-corrected chi connectivity index (χ2v) is 24.7. The van der Waals surface area contributed by atoms with E-state index >= 15 is 0 Å². The number of benzene rings is 2. The highest BCUT2D eigenvalue weighted by atomic mass is 35.5. The minimum Gasteiger partial charge on any atom is -0.492 e. The molecule has 3 aliphatic rings. The molecule has 3 N–H and O–H groups in total. The SMILES string of the molecule is COC1=CC(=O)c2c(c(CO[C@@H]3C[C@@H](C(=O)NCc4ccc(-c5scnc5C)cc4)N(C(=O)[C@@H](NC(=O)COCCOCCOCCNC(=O)C[C@@H]4N=C(c5ccc(Cl)cc5)c5c(sc(C)c5C)-n5c(C)nnc54)C(C)(C)C)C3)c(C)n2C)C1=O. The van der Waals surface area contributed by atoms with Crippen molar-refractivity contribution in [2.75, 3.05) is 59.8 Å². The summed E-state index contributed by atoms with van der Waals surface area (Å²) in [6.07, 6.45) is 0.676. The summed E-state index contributed by atoms with van der Waals surface area (Å²) in [6, 6.07) is 12.7. The summed E-state index contributed by atoms with van der Waals surface area (Å²) in [5, 5.41) is 19.3. The van der Waals surface area contributed by atoms with Gasteiger partial charge in [0.25, 0.3) is 0 Å². The first-order valence-electron chi connectivity index (χ1n) is 28.0. The van der Waals surface area contributed by atoms with Gasteiger partial charge in [0.2, 0.25) is 35.2 Å². The summed E-state index contributed by atoms with van der Waals surface area (Å²) < 4.78 is 32.4. The number of nitrogens with one attached hydrogen (secondary N) is 3. The number of nitrogens with zero attached hydrogens (tertiary/aromatic N) is 7. The maximum Gasteiger partial charge on any atom is 0.246 e. The first kappa shape index (κ1) is 62.3. The first-order chi connectivity index (χ1) is 40.6. The van der Waals surface area contributed by atoms with Gasteiger partial charge in [-0.25, -0.2) is 4.98 Å². The molecule has 24 heteroatoms. The number of fused-ring (bicyclic) bond motifs is 4. The Kier molecular flexibility index (Phi) is 19.8. The van der Waals surface area contributed by atoms with Crippen molar-refractivity contribution >= 4 is 75.2 Å². The molecule has 9 rings (SSSR count). The zero-order valence-corrected chi connectivity index (χ0v) is 51.8. The van der Waals surface area contributed by atoms with E-state index in [1.807, 2.05) is 87.7 Å². The number of likely N-dealkylation sites (tertiary alicyclic amines) is 1. The molecule has 0 bridgehead atoms. The third-order valence-electron chi connectivity index (χ3n) is 15.4. The van der Waals surface area contributed by atoms with Crippen LogP contribution in [0.25, 0.3) is 15.4 Å². The Bertz CT molecular complexity index is 3560. The van der Waals surface area contributed by atoms with Crippen LogP contribution in [-0.2, 0) is 63.1 Å². The predicted molar refractivity (Wildman–Crippen MR) is 321 cm³/mol. The number of rotatable bonds is 24. The van der Waals surface area contributed by atoms with Crippen LogP contribution in [-0.4, -0.2) is 148 Å². The van der Waals surface area contributed by atoms with Gasteiger partial charge in [0.1, 0.15) is 41.3 Å². The van der Waals surface area contributed by atoms with Crippen LogP contribution in [0.4, 0.5) is 0 Å². The number of aliphatic imine (C=N–C) groups is 1. The number of ether oxygens (including phenoxy) is 5. The van der Waals surface area contributed by atoms with Gasteiger partial charge in [0, 0.05) is 71.5 Å². The molecule has 1 fully saturated rings. The molecule has 2 aromatic carbocycles. The average Bonchev–Trinajstić information content (AvgIpc) is 1.76. The molecule has 0 spiro atoms. The third-order valence-corrected chi connectivity index (χ3v) is 17.8. The minimum atomic E-state index is -1.07. The summed E-state index contributed by atoms with van der Waals surface area (Å²) >= 11 is 9.45. The molecule has 21 nitrogen and oxygen atoms in total. The number of aromatic nitrogens is 5. The Balaban J connectivity index is 0.743. The number of amides is 4. The van der Waals surface area contributed by atoms with E-state index in [4.69, 9.17) is 40.3 Å². The zero-order valence-electron chi connectivity index (χ0n) is 49.4. The molecule has 1 saturated heterocycles. The van der Waals surface area contributed by atoms with Crippen LogP contribution in [0, 0.1) is 40.0 Å². The number of carbonyl (C=O) groups is 6. The molecular formula is C61H71ClN10O11S2. The second-order valence-electron chi connectivity index (χ2n) is 22.2. The molecule has 4 aromatic heterocycles. The lowest BCUT2D eigenvalue weighted by Crippen LogP contribution is -2.58. The van der Waals surface area contributed by atoms with Crippen molar-refractivity contribution in [1.29, 1.82) is 0 Å². The monoisotopic (exact) mass is 1220 g/mol. The van der Waals surface area contributed by atoms with Gasteiger partial charge in [0.05, 0.1) is 86.6 Å². The fraction of sp³-hybridized carbons (Fsp3) is 0.443. The largest absolute Gasteiger partial charge is 0.492 e. The van der Waals surface area contributed by atoms with Gasteiger partial charge in [-0.05, 0) is 68.9 Å². The number of Topliss-reactive ketones (excluding diaryl/α,β-unsaturated/α-hetero) is 1. The highest BCUT2D eigenvalue weighted by molar-refractivity contribution is 7.15. The van der Waals surface area contributed by atoms with Crippen LogP contribution in [0.1, 0.15) is 116 Å². The van der Waals surface area contributed by atoms with Crippen molar-refractivity contribution in [3.63, 3.8) is 0 Å². The van der Waals surface area contributed by atoms with Crippen LogP contribution in [0.5, 0.6) is 0 Å². The van der Waals surface area contributed by atoms with Gasteiger partial charge in [-0.2, -0.15) is 0 Å². The van der Waals surface area contributed by atoms with Crippen molar-refractivity contribution in [1.82, 2.24) is 45.2 Å². The lowest BCUT2D eigenvalue weighted by atomic mass is 9.85. The van der Waals surface area contributed by atoms with E-state index < -0.39 is 53.1 Å². The number of hydrogen-bond donors (Lipinski definition) is 3. The zero-order chi connectivity index (χ0) is 60.9. The summed E-state index contributed by atoms with van der Waals surface area (Å²) in [5.74, 6) is -1.24. The van der Waals surface area contributed by atoms with Crippen molar-refractivity contribution in [3.05, 3.63) is 138 Å². The van der Waals surface area contributed by atoms with E-state index in [1.54, 1.807) is 46.7 Å². The van der Waals surface area contributed by atoms with Crippen LogP contribution < -0.4 is 16.0 Å². The van der Waals surface area contributed by atoms with Gasteiger partial charge in [-0.1, -0.05) is 68.8 Å². The number of thiophene rings is 1. The lowest BCUT2D eigenvalue weighted by Gasteiger charge is -2.35. The van der Waals surface area contributed by atoms with Gasteiger partial charge in [0.15, 0.2) is 11.6 Å². The van der Waals surface area contributed by atoms with Crippen LogP contribution in [0.3, 0.4) is 0 Å². The second kappa shape index (κ2) is 27.0. The van der Waals surface area contributed by atoms with Gasteiger partial charge in [-0.15, -0.1) is 32.9 Å².